The molecule has 1 fully saturated rings. The zero-order valence-electron chi connectivity index (χ0n) is 9.08. The van der Waals surface area contributed by atoms with Crippen molar-refractivity contribution in [3.63, 3.8) is 0 Å². The SMILES string of the molecule is C=COC(=O)C(C)(C)C1CC1COC. The molecule has 0 N–H and O–H groups in total. The minimum absolute atomic E-state index is 0.198. The first-order chi connectivity index (χ1) is 6.54. The van der Waals surface area contributed by atoms with E-state index in [0.29, 0.717) is 11.8 Å². The van der Waals surface area contributed by atoms with Gasteiger partial charge in [0.15, 0.2) is 0 Å². The number of hydrogen-bond donors (Lipinski definition) is 0. The van der Waals surface area contributed by atoms with Gasteiger partial charge in [-0.05, 0) is 32.1 Å². The first-order valence-corrected chi connectivity index (χ1v) is 4.85. The lowest BCUT2D eigenvalue weighted by molar-refractivity contribution is -0.149. The molecule has 80 valence electrons. The summed E-state index contributed by atoms with van der Waals surface area (Å²) in [4.78, 5) is 11.6. The highest BCUT2D eigenvalue weighted by molar-refractivity contribution is 5.77. The molecule has 3 nitrogen and oxygen atoms in total. The van der Waals surface area contributed by atoms with Crippen LogP contribution in [0.3, 0.4) is 0 Å². The molecular weight excluding hydrogens is 180 g/mol. The Bertz CT molecular complexity index is 233. The minimum Gasteiger partial charge on any atom is -0.435 e. The van der Waals surface area contributed by atoms with Crippen molar-refractivity contribution in [2.45, 2.75) is 20.3 Å². The maximum Gasteiger partial charge on any atom is 0.316 e. The predicted octanol–water partition coefficient (Wildman–Crippen LogP) is 1.98. The highest BCUT2D eigenvalue weighted by Gasteiger charge is 2.51. The molecule has 2 atom stereocenters. The molecule has 0 heterocycles. The van der Waals surface area contributed by atoms with Crippen molar-refractivity contribution < 1.29 is 14.3 Å². The molecule has 1 saturated carbocycles. The van der Waals surface area contributed by atoms with E-state index in [1.54, 1.807) is 7.11 Å². The van der Waals surface area contributed by atoms with Crippen molar-refractivity contribution in [1.82, 2.24) is 0 Å². The molecule has 0 aliphatic heterocycles. The van der Waals surface area contributed by atoms with Crippen LogP contribution in [0.4, 0.5) is 0 Å². The first kappa shape index (κ1) is 11.2. The Morgan fingerprint density at radius 2 is 2.29 bits per heavy atom. The Labute approximate surface area is 85.1 Å². The molecule has 1 rings (SSSR count). The zero-order valence-corrected chi connectivity index (χ0v) is 9.08. The maximum atomic E-state index is 11.6. The highest BCUT2D eigenvalue weighted by atomic mass is 16.5. The molecular formula is C11H18O3. The summed E-state index contributed by atoms with van der Waals surface area (Å²) in [5, 5.41) is 0. The van der Waals surface area contributed by atoms with Gasteiger partial charge in [0.1, 0.15) is 0 Å². The Morgan fingerprint density at radius 1 is 1.64 bits per heavy atom. The van der Waals surface area contributed by atoms with Crippen LogP contribution in [0.15, 0.2) is 12.8 Å². The Hall–Kier alpha value is -0.830. The third-order valence-electron chi connectivity index (χ3n) is 2.95. The van der Waals surface area contributed by atoms with Crippen LogP contribution in [0.5, 0.6) is 0 Å². The lowest BCUT2D eigenvalue weighted by atomic mass is 9.86. The van der Waals surface area contributed by atoms with E-state index in [-0.39, 0.29) is 5.97 Å². The van der Waals surface area contributed by atoms with E-state index in [9.17, 15) is 4.79 Å². The van der Waals surface area contributed by atoms with Crippen molar-refractivity contribution in [2.24, 2.45) is 17.3 Å². The fraction of sp³-hybridized carbons (Fsp3) is 0.727. The van der Waals surface area contributed by atoms with Gasteiger partial charge in [-0.2, -0.15) is 0 Å². The summed E-state index contributed by atoms with van der Waals surface area (Å²) in [6.45, 7) is 7.94. The Balaban J connectivity index is 2.50. The second kappa shape index (κ2) is 4.13. The summed E-state index contributed by atoms with van der Waals surface area (Å²) >= 11 is 0. The van der Waals surface area contributed by atoms with Crippen molar-refractivity contribution in [3.05, 3.63) is 12.8 Å². The number of rotatable bonds is 5. The number of methoxy groups -OCH3 is 1. The Morgan fingerprint density at radius 3 is 2.79 bits per heavy atom. The Kier molecular flexibility index (Phi) is 3.32. The molecule has 1 aliphatic carbocycles. The number of carbonyl (C=O) groups is 1. The van der Waals surface area contributed by atoms with Gasteiger partial charge in [-0.1, -0.05) is 6.58 Å². The monoisotopic (exact) mass is 198 g/mol. The molecule has 14 heavy (non-hydrogen) atoms. The summed E-state index contributed by atoms with van der Waals surface area (Å²) in [5.41, 5.74) is -0.419. The van der Waals surface area contributed by atoms with E-state index in [4.69, 9.17) is 9.47 Å². The molecule has 0 saturated heterocycles. The lowest BCUT2D eigenvalue weighted by Crippen LogP contribution is -2.28. The van der Waals surface area contributed by atoms with Gasteiger partial charge in [-0.25, -0.2) is 0 Å². The van der Waals surface area contributed by atoms with Gasteiger partial charge in [0.25, 0.3) is 0 Å². The molecule has 0 radical (unpaired) electrons. The predicted molar refractivity (Wildman–Crippen MR) is 53.5 cm³/mol. The van der Waals surface area contributed by atoms with Gasteiger partial charge in [0.2, 0.25) is 0 Å². The molecule has 1 aliphatic rings. The van der Waals surface area contributed by atoms with E-state index in [0.717, 1.165) is 13.0 Å². The topological polar surface area (TPSA) is 35.5 Å². The van der Waals surface area contributed by atoms with Gasteiger partial charge >= 0.3 is 5.97 Å². The average Bonchev–Trinajstić information content (AvgIpc) is 2.85. The van der Waals surface area contributed by atoms with E-state index in [1.165, 1.54) is 6.26 Å². The molecule has 0 amide bonds. The van der Waals surface area contributed by atoms with Crippen LogP contribution < -0.4 is 0 Å². The lowest BCUT2D eigenvalue weighted by Gasteiger charge is -2.21. The van der Waals surface area contributed by atoms with E-state index < -0.39 is 5.41 Å². The molecule has 0 spiro atoms. The quantitative estimate of drug-likeness (QED) is 0.500. The normalized spacial score (nSPS) is 25.6. The van der Waals surface area contributed by atoms with Gasteiger partial charge in [0.05, 0.1) is 11.7 Å². The van der Waals surface area contributed by atoms with Crippen LogP contribution in [-0.4, -0.2) is 19.7 Å². The van der Waals surface area contributed by atoms with Gasteiger partial charge in [0, 0.05) is 13.7 Å². The summed E-state index contributed by atoms with van der Waals surface area (Å²) in [5.74, 6) is 0.693. The number of esters is 1. The van der Waals surface area contributed by atoms with Crippen LogP contribution in [0.25, 0.3) is 0 Å². The van der Waals surface area contributed by atoms with E-state index in [1.807, 2.05) is 13.8 Å². The van der Waals surface area contributed by atoms with Crippen LogP contribution in [-0.2, 0) is 14.3 Å². The van der Waals surface area contributed by atoms with Crippen molar-refractivity contribution >= 4 is 5.97 Å². The van der Waals surface area contributed by atoms with E-state index in [2.05, 4.69) is 6.58 Å². The van der Waals surface area contributed by atoms with Crippen molar-refractivity contribution in [3.8, 4) is 0 Å². The van der Waals surface area contributed by atoms with Gasteiger partial charge in [-0.15, -0.1) is 0 Å². The van der Waals surface area contributed by atoms with Crippen molar-refractivity contribution in [2.75, 3.05) is 13.7 Å². The van der Waals surface area contributed by atoms with Gasteiger partial charge in [-0.3, -0.25) is 4.79 Å². The van der Waals surface area contributed by atoms with Crippen LogP contribution in [0, 0.1) is 17.3 Å². The third kappa shape index (κ3) is 2.15. The van der Waals surface area contributed by atoms with Crippen LogP contribution in [0.2, 0.25) is 0 Å². The second-order valence-electron chi connectivity index (χ2n) is 4.35. The molecule has 0 aromatic heterocycles. The fourth-order valence-electron chi connectivity index (χ4n) is 1.91. The van der Waals surface area contributed by atoms with E-state index >= 15 is 0 Å². The first-order valence-electron chi connectivity index (χ1n) is 4.85. The summed E-state index contributed by atoms with van der Waals surface area (Å²) in [6, 6.07) is 0. The molecule has 0 aromatic rings. The second-order valence-corrected chi connectivity index (χ2v) is 4.35. The minimum atomic E-state index is -0.419. The number of ether oxygens (including phenoxy) is 2. The standard InChI is InChI=1S/C11H18O3/c1-5-14-10(12)11(2,3)9-6-8(9)7-13-4/h5,8-9H,1,6-7H2,2-4H3. The third-order valence-corrected chi connectivity index (χ3v) is 2.95. The summed E-state index contributed by atoms with van der Waals surface area (Å²) in [6.07, 6.45) is 2.24. The average molecular weight is 198 g/mol. The van der Waals surface area contributed by atoms with Gasteiger partial charge < -0.3 is 9.47 Å². The molecule has 0 aromatic carbocycles. The smallest absolute Gasteiger partial charge is 0.316 e. The van der Waals surface area contributed by atoms with Crippen molar-refractivity contribution in [1.29, 1.82) is 0 Å². The largest absolute Gasteiger partial charge is 0.435 e. The number of hydrogen-bond acceptors (Lipinski definition) is 3. The van der Waals surface area contributed by atoms with Crippen LogP contribution in [0.1, 0.15) is 20.3 Å². The maximum absolute atomic E-state index is 11.6. The number of carbonyl (C=O) groups excluding carboxylic acids is 1. The highest BCUT2D eigenvalue weighted by Crippen LogP contribution is 2.51. The summed E-state index contributed by atoms with van der Waals surface area (Å²) in [7, 11) is 1.68. The fourth-order valence-corrected chi connectivity index (χ4v) is 1.91. The zero-order chi connectivity index (χ0) is 10.8. The van der Waals surface area contributed by atoms with Crippen LogP contribution >= 0.6 is 0 Å². The molecule has 3 heteroatoms. The molecule has 2 unspecified atom stereocenters. The summed E-state index contributed by atoms with van der Waals surface area (Å²) < 4.78 is 9.88. The molecule has 0 bridgehead atoms.